The molecule has 0 saturated carbocycles. The van der Waals surface area contributed by atoms with Crippen molar-refractivity contribution in [3.05, 3.63) is 35.0 Å². The first-order valence-corrected chi connectivity index (χ1v) is 8.67. The number of benzene rings is 1. The number of ether oxygens (including phenoxy) is 1. The highest BCUT2D eigenvalue weighted by molar-refractivity contribution is 7.89. The summed E-state index contributed by atoms with van der Waals surface area (Å²) >= 11 is 0. The molecule has 126 valence electrons. The molecule has 1 heterocycles. The molecular weight excluding hydrogens is 318 g/mol. The van der Waals surface area contributed by atoms with E-state index in [1.807, 2.05) is 13.8 Å². The van der Waals surface area contributed by atoms with Crippen LogP contribution in [0.1, 0.15) is 29.8 Å². The maximum atomic E-state index is 12.8. The van der Waals surface area contributed by atoms with Crippen LogP contribution in [0.3, 0.4) is 0 Å². The average molecular weight is 339 g/mol. The molecule has 0 amide bonds. The minimum absolute atomic E-state index is 0.0276. The SMILES string of the molecule is CCc1noc(CN(C)S(=O)(=O)c2ccc(OC)c(C)c2C)n1. The Kier molecular flexibility index (Phi) is 5.06. The average Bonchev–Trinajstić information content (AvgIpc) is 2.97. The molecule has 0 N–H and O–H groups in total. The van der Waals surface area contributed by atoms with Crippen molar-refractivity contribution < 1.29 is 17.7 Å². The summed E-state index contributed by atoms with van der Waals surface area (Å²) in [6.45, 7) is 5.53. The Balaban J connectivity index is 2.32. The van der Waals surface area contributed by atoms with Crippen LogP contribution < -0.4 is 4.74 Å². The fourth-order valence-electron chi connectivity index (χ4n) is 2.21. The van der Waals surface area contributed by atoms with Crippen molar-refractivity contribution in [1.29, 1.82) is 0 Å². The second kappa shape index (κ2) is 6.67. The Labute approximate surface area is 136 Å². The highest BCUT2D eigenvalue weighted by Crippen LogP contribution is 2.28. The lowest BCUT2D eigenvalue weighted by Crippen LogP contribution is -2.27. The Morgan fingerprint density at radius 1 is 1.26 bits per heavy atom. The van der Waals surface area contributed by atoms with Crippen LogP contribution in [0.4, 0.5) is 0 Å². The number of rotatable bonds is 6. The lowest BCUT2D eigenvalue weighted by molar-refractivity contribution is 0.334. The third kappa shape index (κ3) is 3.37. The molecule has 2 rings (SSSR count). The number of sulfonamides is 1. The fraction of sp³-hybridized carbons (Fsp3) is 0.467. The van der Waals surface area contributed by atoms with Crippen molar-refractivity contribution in [1.82, 2.24) is 14.4 Å². The smallest absolute Gasteiger partial charge is 0.243 e. The molecule has 0 radical (unpaired) electrons. The van der Waals surface area contributed by atoms with Crippen LogP contribution in [0.2, 0.25) is 0 Å². The molecule has 0 bridgehead atoms. The van der Waals surface area contributed by atoms with E-state index in [2.05, 4.69) is 10.1 Å². The van der Waals surface area contributed by atoms with Gasteiger partial charge in [-0.3, -0.25) is 0 Å². The van der Waals surface area contributed by atoms with Gasteiger partial charge in [0.25, 0.3) is 0 Å². The lowest BCUT2D eigenvalue weighted by atomic mass is 10.1. The van der Waals surface area contributed by atoms with E-state index >= 15 is 0 Å². The van der Waals surface area contributed by atoms with Gasteiger partial charge in [-0.05, 0) is 37.1 Å². The first-order valence-electron chi connectivity index (χ1n) is 7.23. The first kappa shape index (κ1) is 17.4. The maximum Gasteiger partial charge on any atom is 0.243 e. The van der Waals surface area contributed by atoms with E-state index in [4.69, 9.17) is 9.26 Å². The standard InChI is InChI=1S/C15H21N3O4S/c1-6-14-16-15(22-17-14)9-18(4)23(19,20)13-8-7-12(21-5)10(2)11(13)3/h7-8H,6,9H2,1-5H3. The number of nitrogens with zero attached hydrogens (tertiary/aromatic N) is 3. The van der Waals surface area contributed by atoms with Gasteiger partial charge in [0.1, 0.15) is 5.75 Å². The van der Waals surface area contributed by atoms with E-state index in [-0.39, 0.29) is 17.3 Å². The molecule has 1 aromatic heterocycles. The minimum atomic E-state index is -3.66. The highest BCUT2D eigenvalue weighted by Gasteiger charge is 2.26. The molecule has 2 aromatic rings. The fourth-order valence-corrected chi connectivity index (χ4v) is 3.61. The molecular formula is C15H21N3O4S. The van der Waals surface area contributed by atoms with Crippen LogP contribution >= 0.6 is 0 Å². The normalized spacial score (nSPS) is 11.9. The maximum absolute atomic E-state index is 12.8. The summed E-state index contributed by atoms with van der Waals surface area (Å²) in [5, 5.41) is 3.77. The monoisotopic (exact) mass is 339 g/mol. The molecule has 23 heavy (non-hydrogen) atoms. The van der Waals surface area contributed by atoms with Crippen molar-refractivity contribution in [2.75, 3.05) is 14.2 Å². The van der Waals surface area contributed by atoms with Crippen LogP contribution in [0.5, 0.6) is 5.75 Å². The summed E-state index contributed by atoms with van der Waals surface area (Å²) in [6, 6.07) is 3.21. The topological polar surface area (TPSA) is 85.5 Å². The van der Waals surface area contributed by atoms with Gasteiger partial charge in [-0.25, -0.2) is 8.42 Å². The van der Waals surface area contributed by atoms with Crippen molar-refractivity contribution in [3.8, 4) is 5.75 Å². The van der Waals surface area contributed by atoms with Gasteiger partial charge in [0.2, 0.25) is 15.9 Å². The molecule has 0 fully saturated rings. The van der Waals surface area contributed by atoms with E-state index in [0.717, 1.165) is 5.56 Å². The Morgan fingerprint density at radius 2 is 1.96 bits per heavy atom. The molecule has 7 nitrogen and oxygen atoms in total. The first-order chi connectivity index (χ1) is 10.8. The molecule has 0 unspecified atom stereocenters. The van der Waals surface area contributed by atoms with Crippen LogP contribution in [0.25, 0.3) is 0 Å². The molecule has 0 aliphatic carbocycles. The zero-order valence-corrected chi connectivity index (χ0v) is 14.8. The predicted octanol–water partition coefficient (Wildman–Crippen LogP) is 2.08. The van der Waals surface area contributed by atoms with E-state index in [1.54, 1.807) is 26.2 Å². The largest absolute Gasteiger partial charge is 0.496 e. The lowest BCUT2D eigenvalue weighted by Gasteiger charge is -2.18. The third-order valence-corrected chi connectivity index (χ3v) is 5.73. The Hall–Kier alpha value is -1.93. The Morgan fingerprint density at radius 3 is 2.52 bits per heavy atom. The molecule has 1 aromatic carbocycles. The van der Waals surface area contributed by atoms with Crippen LogP contribution in [-0.2, 0) is 23.0 Å². The second-order valence-corrected chi connectivity index (χ2v) is 7.25. The summed E-state index contributed by atoms with van der Waals surface area (Å²) in [7, 11) is -0.614. The zero-order chi connectivity index (χ0) is 17.2. The molecule has 0 aliphatic rings. The summed E-state index contributed by atoms with van der Waals surface area (Å²) in [5.41, 5.74) is 1.46. The minimum Gasteiger partial charge on any atom is -0.496 e. The second-order valence-electron chi connectivity index (χ2n) is 5.23. The summed E-state index contributed by atoms with van der Waals surface area (Å²) in [5.74, 6) is 1.49. The molecule has 0 aliphatic heterocycles. The van der Waals surface area contributed by atoms with Crippen molar-refractivity contribution in [2.45, 2.75) is 38.6 Å². The molecule has 0 saturated heterocycles. The van der Waals surface area contributed by atoms with Crippen LogP contribution in [0.15, 0.2) is 21.6 Å². The molecule has 0 spiro atoms. The van der Waals surface area contributed by atoms with Gasteiger partial charge < -0.3 is 9.26 Å². The Bertz CT molecular complexity index is 799. The van der Waals surface area contributed by atoms with Gasteiger partial charge in [-0.2, -0.15) is 9.29 Å². The summed E-state index contributed by atoms with van der Waals surface area (Å²) < 4.78 is 37.0. The van der Waals surface area contributed by atoms with Crippen LogP contribution in [-0.4, -0.2) is 37.0 Å². The third-order valence-electron chi connectivity index (χ3n) is 3.78. The van der Waals surface area contributed by atoms with Crippen LogP contribution in [0, 0.1) is 13.8 Å². The number of hydrogen-bond acceptors (Lipinski definition) is 6. The van der Waals surface area contributed by atoms with E-state index in [0.29, 0.717) is 23.6 Å². The predicted molar refractivity (Wildman–Crippen MR) is 84.8 cm³/mol. The summed E-state index contributed by atoms with van der Waals surface area (Å²) in [4.78, 5) is 4.38. The van der Waals surface area contributed by atoms with E-state index in [9.17, 15) is 8.42 Å². The van der Waals surface area contributed by atoms with Gasteiger partial charge in [0, 0.05) is 13.5 Å². The van der Waals surface area contributed by atoms with Crippen molar-refractivity contribution >= 4 is 10.0 Å². The van der Waals surface area contributed by atoms with Gasteiger partial charge >= 0.3 is 0 Å². The molecule has 0 atom stereocenters. The highest BCUT2D eigenvalue weighted by atomic mass is 32.2. The van der Waals surface area contributed by atoms with Crippen molar-refractivity contribution in [3.63, 3.8) is 0 Å². The van der Waals surface area contributed by atoms with Gasteiger partial charge in [0.05, 0.1) is 18.6 Å². The van der Waals surface area contributed by atoms with Crippen molar-refractivity contribution in [2.24, 2.45) is 0 Å². The molecule has 8 heteroatoms. The zero-order valence-electron chi connectivity index (χ0n) is 14.0. The quantitative estimate of drug-likeness (QED) is 0.801. The number of hydrogen-bond donors (Lipinski definition) is 0. The summed E-state index contributed by atoms with van der Waals surface area (Å²) in [6.07, 6.45) is 0.636. The van der Waals surface area contributed by atoms with Gasteiger partial charge in [-0.15, -0.1) is 0 Å². The van der Waals surface area contributed by atoms with Gasteiger partial charge in [-0.1, -0.05) is 12.1 Å². The van der Waals surface area contributed by atoms with E-state index in [1.165, 1.54) is 11.4 Å². The van der Waals surface area contributed by atoms with Gasteiger partial charge in [0.15, 0.2) is 5.82 Å². The number of aromatic nitrogens is 2. The number of aryl methyl sites for hydroxylation is 1. The number of methoxy groups -OCH3 is 1. The van der Waals surface area contributed by atoms with E-state index < -0.39 is 10.0 Å².